The van der Waals surface area contributed by atoms with E-state index >= 15 is 0 Å². The number of nitrogens with zero attached hydrogens (tertiary/aromatic N) is 1. The summed E-state index contributed by atoms with van der Waals surface area (Å²) in [6.07, 6.45) is 0.425. The van der Waals surface area contributed by atoms with E-state index in [1.165, 1.54) is 4.90 Å². The predicted octanol–water partition coefficient (Wildman–Crippen LogP) is 1.57. The molecular formula is C13H15NO4S. The van der Waals surface area contributed by atoms with Crippen LogP contribution in [0.4, 0.5) is 0 Å². The van der Waals surface area contributed by atoms with Gasteiger partial charge < -0.3 is 14.7 Å². The smallest absolute Gasteiger partial charge is 0.323 e. The van der Waals surface area contributed by atoms with Crippen molar-refractivity contribution in [1.29, 1.82) is 0 Å². The molecule has 102 valence electrons. The van der Waals surface area contributed by atoms with Crippen molar-refractivity contribution in [3.05, 3.63) is 29.8 Å². The lowest BCUT2D eigenvalue weighted by Crippen LogP contribution is -2.52. The van der Waals surface area contributed by atoms with Crippen LogP contribution < -0.4 is 4.74 Å². The van der Waals surface area contributed by atoms with Gasteiger partial charge in [0.05, 0.1) is 18.9 Å². The quantitative estimate of drug-likeness (QED) is 0.802. The van der Waals surface area contributed by atoms with Gasteiger partial charge in [-0.05, 0) is 17.7 Å². The van der Waals surface area contributed by atoms with Gasteiger partial charge in [-0.1, -0.05) is 12.1 Å². The van der Waals surface area contributed by atoms with Crippen molar-refractivity contribution in [3.8, 4) is 5.75 Å². The molecule has 1 aromatic rings. The number of methoxy groups -OCH3 is 1. The second-order valence-electron chi connectivity index (χ2n) is 4.23. The summed E-state index contributed by atoms with van der Waals surface area (Å²) in [6, 6.07) is 7.70. The number of rotatable bonds is 6. The van der Waals surface area contributed by atoms with Crippen LogP contribution in [0, 0.1) is 0 Å². The number of thioether (sulfide) groups is 1. The Morgan fingerprint density at radius 3 is 2.68 bits per heavy atom. The lowest BCUT2D eigenvalue weighted by molar-refractivity contribution is -0.151. The summed E-state index contributed by atoms with van der Waals surface area (Å²) in [5.74, 6) is 0.496. The highest BCUT2D eigenvalue weighted by Crippen LogP contribution is 2.31. The second kappa shape index (κ2) is 5.97. The lowest BCUT2D eigenvalue weighted by atomic mass is 10.2. The molecule has 1 unspecified atom stereocenters. The molecule has 1 aromatic carbocycles. The average Bonchev–Trinajstić information content (AvgIpc) is 2.41. The van der Waals surface area contributed by atoms with Gasteiger partial charge in [0, 0.05) is 5.75 Å². The number of carbonyl (C=O) groups excluding carboxylic acids is 1. The summed E-state index contributed by atoms with van der Waals surface area (Å²) >= 11 is 1.58. The molecular weight excluding hydrogens is 266 g/mol. The van der Waals surface area contributed by atoms with E-state index in [2.05, 4.69) is 0 Å². The third kappa shape index (κ3) is 3.41. The van der Waals surface area contributed by atoms with Crippen molar-refractivity contribution >= 4 is 23.6 Å². The molecule has 1 fully saturated rings. The Kier molecular flexibility index (Phi) is 4.31. The molecule has 1 atom stereocenters. The first-order valence-electron chi connectivity index (χ1n) is 5.86. The fourth-order valence-corrected chi connectivity index (χ4v) is 3.03. The summed E-state index contributed by atoms with van der Waals surface area (Å²) in [4.78, 5) is 23.3. The van der Waals surface area contributed by atoms with Gasteiger partial charge >= 0.3 is 5.97 Å². The van der Waals surface area contributed by atoms with Gasteiger partial charge in [0.2, 0.25) is 5.91 Å². The topological polar surface area (TPSA) is 66.8 Å². The standard InChI is InChI=1S/C13H15NO4S/c1-18-10-4-2-9(3-5-10)8-19-12-6-11(15)14(12)7-13(16)17/h2-5,12H,6-8H2,1H3,(H,16,17). The van der Waals surface area contributed by atoms with E-state index in [0.717, 1.165) is 17.1 Å². The van der Waals surface area contributed by atoms with E-state index in [-0.39, 0.29) is 17.8 Å². The molecule has 1 N–H and O–H groups in total. The van der Waals surface area contributed by atoms with Gasteiger partial charge in [0.15, 0.2) is 0 Å². The van der Waals surface area contributed by atoms with Gasteiger partial charge in [-0.15, -0.1) is 11.8 Å². The van der Waals surface area contributed by atoms with E-state index < -0.39 is 5.97 Å². The van der Waals surface area contributed by atoms with E-state index in [1.807, 2.05) is 24.3 Å². The Morgan fingerprint density at radius 1 is 1.47 bits per heavy atom. The van der Waals surface area contributed by atoms with Crippen molar-refractivity contribution in [2.75, 3.05) is 13.7 Å². The zero-order valence-electron chi connectivity index (χ0n) is 10.5. The van der Waals surface area contributed by atoms with Crippen LogP contribution in [0.25, 0.3) is 0 Å². The summed E-state index contributed by atoms with van der Waals surface area (Å²) in [5, 5.41) is 8.69. The number of ether oxygens (including phenoxy) is 1. The van der Waals surface area contributed by atoms with Gasteiger partial charge in [0.25, 0.3) is 0 Å². The van der Waals surface area contributed by atoms with Crippen molar-refractivity contribution in [3.63, 3.8) is 0 Å². The highest BCUT2D eigenvalue weighted by atomic mass is 32.2. The highest BCUT2D eigenvalue weighted by molar-refractivity contribution is 7.99. The zero-order chi connectivity index (χ0) is 13.8. The number of carboxylic acid groups (broad SMARTS) is 1. The number of amides is 1. The molecule has 1 heterocycles. The predicted molar refractivity (Wildman–Crippen MR) is 72.0 cm³/mol. The Bertz CT molecular complexity index is 474. The molecule has 0 saturated carbocycles. The van der Waals surface area contributed by atoms with Crippen LogP contribution in [0.15, 0.2) is 24.3 Å². The van der Waals surface area contributed by atoms with Gasteiger partial charge in [0.1, 0.15) is 12.3 Å². The number of hydrogen-bond acceptors (Lipinski definition) is 4. The molecule has 1 saturated heterocycles. The van der Waals surface area contributed by atoms with Crippen LogP contribution in [0.2, 0.25) is 0 Å². The van der Waals surface area contributed by atoms with E-state index in [9.17, 15) is 9.59 Å². The number of likely N-dealkylation sites (tertiary alicyclic amines) is 1. The normalized spacial score (nSPS) is 18.1. The van der Waals surface area contributed by atoms with Crippen LogP contribution >= 0.6 is 11.8 Å². The number of carbonyl (C=O) groups is 2. The van der Waals surface area contributed by atoms with Gasteiger partial charge in [-0.25, -0.2) is 0 Å². The van der Waals surface area contributed by atoms with Crippen LogP contribution in [0.5, 0.6) is 5.75 Å². The Hall–Kier alpha value is -1.69. The van der Waals surface area contributed by atoms with Crippen molar-refractivity contribution < 1.29 is 19.4 Å². The van der Waals surface area contributed by atoms with Gasteiger partial charge in [-0.2, -0.15) is 0 Å². The van der Waals surface area contributed by atoms with E-state index in [0.29, 0.717) is 6.42 Å². The minimum atomic E-state index is -0.969. The Balaban J connectivity index is 1.84. The largest absolute Gasteiger partial charge is 0.497 e. The number of carboxylic acids is 1. The van der Waals surface area contributed by atoms with Crippen molar-refractivity contribution in [1.82, 2.24) is 4.90 Å². The fourth-order valence-electron chi connectivity index (χ4n) is 1.82. The molecule has 19 heavy (non-hydrogen) atoms. The number of hydrogen-bond donors (Lipinski definition) is 1. The molecule has 0 bridgehead atoms. The van der Waals surface area contributed by atoms with E-state index in [4.69, 9.17) is 9.84 Å². The second-order valence-corrected chi connectivity index (χ2v) is 5.40. The summed E-state index contributed by atoms with van der Waals surface area (Å²) in [6.45, 7) is -0.209. The molecule has 0 aromatic heterocycles. The summed E-state index contributed by atoms with van der Waals surface area (Å²) < 4.78 is 5.08. The molecule has 1 aliphatic heterocycles. The maximum atomic E-state index is 11.3. The van der Waals surface area contributed by atoms with Crippen molar-refractivity contribution in [2.45, 2.75) is 17.5 Å². The molecule has 1 amide bonds. The Morgan fingerprint density at radius 2 is 2.16 bits per heavy atom. The SMILES string of the molecule is COc1ccc(CSC2CC(=O)N2CC(=O)O)cc1. The molecule has 6 heteroatoms. The Labute approximate surface area is 115 Å². The monoisotopic (exact) mass is 281 g/mol. The summed E-state index contributed by atoms with van der Waals surface area (Å²) in [7, 11) is 1.62. The maximum Gasteiger partial charge on any atom is 0.323 e. The van der Waals surface area contributed by atoms with E-state index in [1.54, 1.807) is 18.9 Å². The molecule has 0 aliphatic carbocycles. The lowest BCUT2D eigenvalue weighted by Gasteiger charge is -2.38. The number of aliphatic carboxylic acids is 1. The zero-order valence-corrected chi connectivity index (χ0v) is 11.4. The number of β-lactam (4-membered cyclic amide) rings is 1. The van der Waals surface area contributed by atoms with Crippen LogP contribution in [0.3, 0.4) is 0 Å². The maximum absolute atomic E-state index is 11.3. The molecule has 0 spiro atoms. The number of benzene rings is 1. The molecule has 1 aliphatic rings. The first-order valence-corrected chi connectivity index (χ1v) is 6.91. The van der Waals surface area contributed by atoms with Crippen LogP contribution in [-0.4, -0.2) is 40.9 Å². The minimum absolute atomic E-state index is 0.0225. The fraction of sp³-hybridized carbons (Fsp3) is 0.385. The first-order chi connectivity index (χ1) is 9.10. The molecule has 5 nitrogen and oxygen atoms in total. The average molecular weight is 281 g/mol. The highest BCUT2D eigenvalue weighted by Gasteiger charge is 2.37. The van der Waals surface area contributed by atoms with Crippen LogP contribution in [-0.2, 0) is 15.3 Å². The summed E-state index contributed by atoms with van der Waals surface area (Å²) in [5.41, 5.74) is 1.13. The van der Waals surface area contributed by atoms with Crippen LogP contribution in [0.1, 0.15) is 12.0 Å². The molecule has 2 rings (SSSR count). The molecule has 0 radical (unpaired) electrons. The van der Waals surface area contributed by atoms with Gasteiger partial charge in [-0.3, -0.25) is 9.59 Å². The third-order valence-electron chi connectivity index (χ3n) is 2.92. The van der Waals surface area contributed by atoms with Crippen molar-refractivity contribution in [2.24, 2.45) is 0 Å². The third-order valence-corrected chi connectivity index (χ3v) is 4.23. The minimum Gasteiger partial charge on any atom is -0.497 e. The first kappa shape index (κ1) is 13.7.